The first-order valence-corrected chi connectivity index (χ1v) is 8.43. The molecule has 0 fully saturated rings. The molecule has 1 unspecified atom stereocenters. The summed E-state index contributed by atoms with van der Waals surface area (Å²) >= 11 is 3.40. The molecule has 2 aromatic carbocycles. The molecule has 4 heteroatoms. The molecule has 0 aliphatic rings. The quantitative estimate of drug-likeness (QED) is 0.731. The fourth-order valence-electron chi connectivity index (χ4n) is 2.54. The van der Waals surface area contributed by atoms with Crippen molar-refractivity contribution in [1.29, 1.82) is 0 Å². The van der Waals surface area contributed by atoms with Gasteiger partial charge in [-0.2, -0.15) is 0 Å². The molecule has 0 aliphatic heterocycles. The third kappa shape index (κ3) is 5.32. The van der Waals surface area contributed by atoms with Crippen molar-refractivity contribution in [3.63, 3.8) is 0 Å². The van der Waals surface area contributed by atoms with Crippen LogP contribution in [0, 0.1) is 0 Å². The zero-order chi connectivity index (χ0) is 16.7. The standard InChI is InChI=1S/C19H20BrNO2/c1-14(15-7-9-18(20)10-8-15)21-19(23)13-17(11-12-22)16-5-3-2-4-6-16/h2-10,12,14,17H,11,13H2,1H3,(H,21,23)/t14-,17?/m0/s1. The lowest BCUT2D eigenvalue weighted by molar-refractivity contribution is -0.122. The number of halogens is 1. The van der Waals surface area contributed by atoms with E-state index in [4.69, 9.17) is 0 Å². The molecule has 0 spiro atoms. The van der Waals surface area contributed by atoms with Crippen molar-refractivity contribution >= 4 is 28.1 Å². The lowest BCUT2D eigenvalue weighted by Crippen LogP contribution is -2.28. The van der Waals surface area contributed by atoms with Gasteiger partial charge in [-0.15, -0.1) is 0 Å². The van der Waals surface area contributed by atoms with Crippen LogP contribution in [-0.4, -0.2) is 12.2 Å². The van der Waals surface area contributed by atoms with Gasteiger partial charge in [-0.25, -0.2) is 0 Å². The zero-order valence-corrected chi connectivity index (χ0v) is 14.6. The lowest BCUT2D eigenvalue weighted by Gasteiger charge is -2.18. The predicted octanol–water partition coefficient (Wildman–Crippen LogP) is 4.39. The summed E-state index contributed by atoms with van der Waals surface area (Å²) in [6.45, 7) is 1.96. The van der Waals surface area contributed by atoms with Gasteiger partial charge in [0.05, 0.1) is 6.04 Å². The Morgan fingerprint density at radius 2 is 1.74 bits per heavy atom. The Morgan fingerprint density at radius 3 is 2.35 bits per heavy atom. The Hall–Kier alpha value is -1.94. The van der Waals surface area contributed by atoms with Crippen LogP contribution in [0.4, 0.5) is 0 Å². The molecule has 0 aromatic heterocycles. The molecule has 23 heavy (non-hydrogen) atoms. The maximum atomic E-state index is 12.3. The molecule has 0 heterocycles. The first kappa shape index (κ1) is 17.4. The molecule has 0 saturated carbocycles. The van der Waals surface area contributed by atoms with Crippen LogP contribution in [0.3, 0.4) is 0 Å². The minimum atomic E-state index is -0.0779. The van der Waals surface area contributed by atoms with Gasteiger partial charge in [-0.05, 0) is 36.1 Å². The summed E-state index contributed by atoms with van der Waals surface area (Å²) in [5, 5.41) is 3.00. The fourth-order valence-corrected chi connectivity index (χ4v) is 2.80. The van der Waals surface area contributed by atoms with Gasteiger partial charge in [0.1, 0.15) is 6.29 Å². The summed E-state index contributed by atoms with van der Waals surface area (Å²) < 4.78 is 1.01. The molecular formula is C19H20BrNO2. The van der Waals surface area contributed by atoms with Crippen LogP contribution in [-0.2, 0) is 9.59 Å². The number of carbonyl (C=O) groups excluding carboxylic acids is 2. The number of nitrogens with one attached hydrogen (secondary N) is 1. The van der Waals surface area contributed by atoms with E-state index in [2.05, 4.69) is 21.2 Å². The van der Waals surface area contributed by atoms with Crippen molar-refractivity contribution in [2.45, 2.75) is 31.7 Å². The van der Waals surface area contributed by atoms with Gasteiger partial charge in [0.15, 0.2) is 0 Å². The molecular weight excluding hydrogens is 354 g/mol. The van der Waals surface area contributed by atoms with E-state index in [0.717, 1.165) is 21.9 Å². The van der Waals surface area contributed by atoms with E-state index in [1.54, 1.807) is 0 Å². The Balaban J connectivity index is 1.99. The molecule has 0 aliphatic carbocycles. The number of benzene rings is 2. The van der Waals surface area contributed by atoms with Gasteiger partial charge in [-0.1, -0.05) is 58.4 Å². The lowest BCUT2D eigenvalue weighted by atomic mass is 9.92. The van der Waals surface area contributed by atoms with Gasteiger partial charge in [0.2, 0.25) is 5.91 Å². The summed E-state index contributed by atoms with van der Waals surface area (Å²) in [6, 6.07) is 17.5. The van der Waals surface area contributed by atoms with Gasteiger partial charge < -0.3 is 10.1 Å². The number of carbonyl (C=O) groups is 2. The number of amides is 1. The van der Waals surface area contributed by atoms with Crippen molar-refractivity contribution in [1.82, 2.24) is 5.32 Å². The summed E-state index contributed by atoms with van der Waals surface area (Å²) in [4.78, 5) is 23.2. The third-order valence-electron chi connectivity index (χ3n) is 3.83. The highest BCUT2D eigenvalue weighted by Gasteiger charge is 2.17. The van der Waals surface area contributed by atoms with E-state index in [1.807, 2.05) is 61.5 Å². The van der Waals surface area contributed by atoms with Crippen molar-refractivity contribution in [2.75, 3.05) is 0 Å². The molecule has 0 saturated heterocycles. The SMILES string of the molecule is C[C@H](NC(=O)CC(CC=O)c1ccccc1)c1ccc(Br)cc1. The molecule has 3 nitrogen and oxygen atoms in total. The van der Waals surface area contributed by atoms with Crippen LogP contribution in [0.2, 0.25) is 0 Å². The average molecular weight is 374 g/mol. The Bertz CT molecular complexity index is 640. The fraction of sp³-hybridized carbons (Fsp3) is 0.263. The molecule has 0 bridgehead atoms. The van der Waals surface area contributed by atoms with Crippen molar-refractivity contribution in [2.24, 2.45) is 0 Å². The molecule has 2 aromatic rings. The third-order valence-corrected chi connectivity index (χ3v) is 4.36. The molecule has 2 rings (SSSR count). The van der Waals surface area contributed by atoms with Gasteiger partial charge in [-0.3, -0.25) is 4.79 Å². The molecule has 2 atom stereocenters. The van der Waals surface area contributed by atoms with Crippen LogP contribution in [0.1, 0.15) is 42.9 Å². The highest BCUT2D eigenvalue weighted by molar-refractivity contribution is 9.10. The van der Waals surface area contributed by atoms with E-state index < -0.39 is 0 Å². The summed E-state index contributed by atoms with van der Waals surface area (Å²) in [5.41, 5.74) is 2.07. The topological polar surface area (TPSA) is 46.2 Å². The monoisotopic (exact) mass is 373 g/mol. The first-order valence-electron chi connectivity index (χ1n) is 7.63. The first-order chi connectivity index (χ1) is 11.1. The van der Waals surface area contributed by atoms with E-state index in [9.17, 15) is 9.59 Å². The molecule has 1 amide bonds. The minimum absolute atomic E-state index is 0.0453. The zero-order valence-electron chi connectivity index (χ0n) is 13.0. The van der Waals surface area contributed by atoms with Crippen molar-refractivity contribution < 1.29 is 9.59 Å². The largest absolute Gasteiger partial charge is 0.350 e. The van der Waals surface area contributed by atoms with Crippen molar-refractivity contribution in [3.8, 4) is 0 Å². The maximum absolute atomic E-state index is 12.3. The summed E-state index contributed by atoms with van der Waals surface area (Å²) in [7, 11) is 0. The smallest absolute Gasteiger partial charge is 0.221 e. The van der Waals surface area contributed by atoms with E-state index in [-0.39, 0.29) is 17.9 Å². The van der Waals surface area contributed by atoms with Crippen LogP contribution >= 0.6 is 15.9 Å². The number of hydrogen-bond donors (Lipinski definition) is 1. The maximum Gasteiger partial charge on any atom is 0.221 e. The summed E-state index contributed by atoms with van der Waals surface area (Å²) in [5.74, 6) is -0.123. The van der Waals surface area contributed by atoms with Gasteiger partial charge in [0.25, 0.3) is 0 Å². The van der Waals surface area contributed by atoms with Gasteiger partial charge >= 0.3 is 0 Å². The normalized spacial score (nSPS) is 13.1. The molecule has 0 radical (unpaired) electrons. The summed E-state index contributed by atoms with van der Waals surface area (Å²) in [6.07, 6.45) is 1.54. The number of hydrogen-bond acceptors (Lipinski definition) is 2. The molecule has 1 N–H and O–H groups in total. The Kier molecular flexibility index (Phi) is 6.53. The average Bonchev–Trinajstić information content (AvgIpc) is 2.55. The second kappa shape index (κ2) is 8.63. The van der Waals surface area contributed by atoms with Crippen LogP contribution < -0.4 is 5.32 Å². The van der Waals surface area contributed by atoms with Crippen molar-refractivity contribution in [3.05, 3.63) is 70.2 Å². The van der Waals surface area contributed by atoms with Crippen LogP contribution in [0.25, 0.3) is 0 Å². The number of aldehydes is 1. The molecule has 120 valence electrons. The highest BCUT2D eigenvalue weighted by Crippen LogP contribution is 2.23. The predicted molar refractivity (Wildman–Crippen MR) is 95.2 cm³/mol. The second-order valence-corrected chi connectivity index (χ2v) is 6.47. The van der Waals surface area contributed by atoms with Crippen LogP contribution in [0.5, 0.6) is 0 Å². The van der Waals surface area contributed by atoms with E-state index in [1.165, 1.54) is 0 Å². The van der Waals surface area contributed by atoms with Crippen LogP contribution in [0.15, 0.2) is 59.1 Å². The minimum Gasteiger partial charge on any atom is -0.350 e. The van der Waals surface area contributed by atoms with E-state index >= 15 is 0 Å². The second-order valence-electron chi connectivity index (χ2n) is 5.55. The number of rotatable bonds is 7. The Labute approximate surface area is 145 Å². The Morgan fingerprint density at radius 1 is 1.09 bits per heavy atom. The van der Waals surface area contributed by atoms with E-state index in [0.29, 0.717) is 12.8 Å². The van der Waals surface area contributed by atoms with Gasteiger partial charge in [0, 0.05) is 17.3 Å². The highest BCUT2D eigenvalue weighted by atomic mass is 79.9.